The molecule has 8 nitrogen and oxygen atoms in total. The van der Waals surface area contributed by atoms with Crippen molar-refractivity contribution in [1.29, 1.82) is 0 Å². The number of ether oxygens (including phenoxy) is 1. The third kappa shape index (κ3) is 6.76. The zero-order valence-corrected chi connectivity index (χ0v) is 18.5. The zero-order valence-electron chi connectivity index (χ0n) is 17.7. The number of hydrogen-bond donors (Lipinski definition) is 1. The van der Waals surface area contributed by atoms with E-state index >= 15 is 0 Å². The lowest BCUT2D eigenvalue weighted by Gasteiger charge is -2.17. The molecule has 1 N–H and O–H groups in total. The molecule has 0 atom stereocenters. The lowest BCUT2D eigenvalue weighted by molar-refractivity contribution is -0.116. The molecule has 0 saturated heterocycles. The second-order valence-corrected chi connectivity index (χ2v) is 8.78. The molecule has 10 heteroatoms. The van der Waals surface area contributed by atoms with Crippen molar-refractivity contribution in [3.8, 4) is 0 Å². The molecule has 168 valence electrons. The van der Waals surface area contributed by atoms with Crippen molar-refractivity contribution < 1.29 is 27.1 Å². The predicted octanol–water partition coefficient (Wildman–Crippen LogP) is 3.46. The minimum Gasteiger partial charge on any atom is -0.449 e. The van der Waals surface area contributed by atoms with Gasteiger partial charge in [0.1, 0.15) is 5.82 Å². The fourth-order valence-electron chi connectivity index (χ4n) is 2.69. The summed E-state index contributed by atoms with van der Waals surface area (Å²) < 4.78 is 44.0. The molecule has 2 aromatic carbocycles. The van der Waals surface area contributed by atoms with Crippen LogP contribution in [0.4, 0.5) is 20.6 Å². The Bertz CT molecular complexity index is 995. The summed E-state index contributed by atoms with van der Waals surface area (Å²) in [5.41, 5.74) is 1.17. The lowest BCUT2D eigenvalue weighted by Crippen LogP contribution is -2.28. The number of anilines is 2. The van der Waals surface area contributed by atoms with Crippen LogP contribution >= 0.6 is 0 Å². The molecule has 0 unspecified atom stereocenters. The molecule has 0 saturated carbocycles. The highest BCUT2D eigenvalue weighted by atomic mass is 32.2. The van der Waals surface area contributed by atoms with Gasteiger partial charge < -0.3 is 10.1 Å². The standard InChI is InChI=1S/C21H26FN3O5S/c1-4-30-21(27)25(3)18-11-9-17(10-12-18)23-20(26)6-5-15-24(2)31(28,29)19-13-7-16(22)8-14-19/h7-14H,4-6,15H2,1-3H3,(H,23,26). The summed E-state index contributed by atoms with van der Waals surface area (Å²) in [6.07, 6.45) is -0.0424. The third-order valence-electron chi connectivity index (χ3n) is 4.48. The van der Waals surface area contributed by atoms with E-state index < -0.39 is 21.9 Å². The van der Waals surface area contributed by atoms with Crippen LogP contribution in [0, 0.1) is 5.82 Å². The van der Waals surface area contributed by atoms with Crippen LogP contribution in [-0.2, 0) is 19.6 Å². The number of amides is 2. The first kappa shape index (κ1) is 24.3. The molecular formula is C21H26FN3O5S. The molecule has 0 bridgehead atoms. The van der Waals surface area contributed by atoms with Crippen molar-refractivity contribution in [2.45, 2.75) is 24.7 Å². The maximum absolute atomic E-state index is 13.0. The SMILES string of the molecule is CCOC(=O)N(C)c1ccc(NC(=O)CCCN(C)S(=O)(=O)c2ccc(F)cc2)cc1. The van der Waals surface area contributed by atoms with Gasteiger partial charge in [0.05, 0.1) is 11.5 Å². The first-order chi connectivity index (χ1) is 14.6. The maximum Gasteiger partial charge on any atom is 0.413 e. The summed E-state index contributed by atoms with van der Waals surface area (Å²) in [4.78, 5) is 25.2. The van der Waals surface area contributed by atoms with E-state index in [1.807, 2.05) is 0 Å². The number of hydrogen-bond acceptors (Lipinski definition) is 5. The van der Waals surface area contributed by atoms with Crippen LogP contribution in [0.15, 0.2) is 53.4 Å². The molecule has 2 amide bonds. The predicted molar refractivity (Wildman–Crippen MR) is 116 cm³/mol. The van der Waals surface area contributed by atoms with Crippen LogP contribution in [-0.4, -0.2) is 52.0 Å². The normalized spacial score (nSPS) is 11.3. The Morgan fingerprint density at radius 3 is 2.23 bits per heavy atom. The van der Waals surface area contributed by atoms with Gasteiger partial charge in [-0.05, 0) is 61.9 Å². The first-order valence-corrected chi connectivity index (χ1v) is 11.1. The van der Waals surface area contributed by atoms with Crippen molar-refractivity contribution in [2.75, 3.05) is 37.5 Å². The summed E-state index contributed by atoms with van der Waals surface area (Å²) in [7, 11) is -0.747. The van der Waals surface area contributed by atoms with Crippen LogP contribution in [0.25, 0.3) is 0 Å². The molecular weight excluding hydrogens is 425 g/mol. The zero-order chi connectivity index (χ0) is 23.0. The summed E-state index contributed by atoms with van der Waals surface area (Å²) in [5.74, 6) is -0.780. The Balaban J connectivity index is 1.84. The van der Waals surface area contributed by atoms with Crippen LogP contribution in [0.5, 0.6) is 0 Å². The van der Waals surface area contributed by atoms with Crippen molar-refractivity contribution >= 4 is 33.4 Å². The summed E-state index contributed by atoms with van der Waals surface area (Å²) in [5, 5.41) is 2.73. The lowest BCUT2D eigenvalue weighted by atomic mass is 10.2. The number of halogens is 1. The third-order valence-corrected chi connectivity index (χ3v) is 6.35. The van der Waals surface area contributed by atoms with Gasteiger partial charge in [0.2, 0.25) is 15.9 Å². The highest BCUT2D eigenvalue weighted by molar-refractivity contribution is 7.89. The number of carbonyl (C=O) groups excluding carboxylic acids is 2. The van der Waals surface area contributed by atoms with Crippen LogP contribution < -0.4 is 10.2 Å². The first-order valence-electron chi connectivity index (χ1n) is 9.67. The molecule has 2 aromatic rings. The number of rotatable bonds is 9. The molecule has 0 radical (unpaired) electrons. The van der Waals surface area contributed by atoms with E-state index in [-0.39, 0.29) is 30.4 Å². The van der Waals surface area contributed by atoms with E-state index in [1.54, 1.807) is 38.2 Å². The largest absolute Gasteiger partial charge is 0.449 e. The van der Waals surface area contributed by atoms with Gasteiger partial charge in [0.15, 0.2) is 0 Å². The number of nitrogens with one attached hydrogen (secondary N) is 1. The van der Waals surface area contributed by atoms with Gasteiger partial charge in [-0.3, -0.25) is 9.69 Å². The van der Waals surface area contributed by atoms with Gasteiger partial charge in [-0.1, -0.05) is 0 Å². The van der Waals surface area contributed by atoms with Crippen LogP contribution in [0.3, 0.4) is 0 Å². The fourth-order valence-corrected chi connectivity index (χ4v) is 3.90. The Morgan fingerprint density at radius 2 is 1.65 bits per heavy atom. The Kier molecular flexibility index (Phi) is 8.52. The maximum atomic E-state index is 13.0. The molecule has 31 heavy (non-hydrogen) atoms. The Labute approximate surface area is 181 Å². The highest BCUT2D eigenvalue weighted by Crippen LogP contribution is 2.18. The molecule has 0 aromatic heterocycles. The van der Waals surface area contributed by atoms with Gasteiger partial charge in [-0.15, -0.1) is 0 Å². The Morgan fingerprint density at radius 1 is 1.03 bits per heavy atom. The van der Waals surface area contributed by atoms with Crippen LogP contribution in [0.2, 0.25) is 0 Å². The van der Waals surface area contributed by atoms with Crippen molar-refractivity contribution in [1.82, 2.24) is 4.31 Å². The average Bonchev–Trinajstić information content (AvgIpc) is 2.74. The fraction of sp³-hybridized carbons (Fsp3) is 0.333. The number of sulfonamides is 1. The van der Waals surface area contributed by atoms with Gasteiger partial charge in [0, 0.05) is 38.4 Å². The molecule has 0 fully saturated rings. The van der Waals surface area contributed by atoms with E-state index in [4.69, 9.17) is 4.74 Å². The number of carbonyl (C=O) groups is 2. The molecule has 2 rings (SSSR count). The molecule has 0 aliphatic heterocycles. The van der Waals surface area contributed by atoms with E-state index in [0.717, 1.165) is 16.4 Å². The molecule has 0 aliphatic rings. The Hall–Kier alpha value is -2.98. The second-order valence-electron chi connectivity index (χ2n) is 6.74. The van der Waals surface area contributed by atoms with Crippen molar-refractivity contribution in [2.24, 2.45) is 0 Å². The second kappa shape index (κ2) is 10.9. The van der Waals surface area contributed by atoms with Crippen molar-refractivity contribution in [3.05, 3.63) is 54.3 Å². The van der Waals surface area contributed by atoms with Gasteiger partial charge in [-0.25, -0.2) is 21.9 Å². The van der Waals surface area contributed by atoms with Gasteiger partial charge in [-0.2, -0.15) is 0 Å². The van der Waals surface area contributed by atoms with Gasteiger partial charge >= 0.3 is 6.09 Å². The van der Waals surface area contributed by atoms with E-state index in [1.165, 1.54) is 24.1 Å². The topological polar surface area (TPSA) is 96.0 Å². The quantitative estimate of drug-likeness (QED) is 0.630. The number of benzene rings is 2. The van der Waals surface area contributed by atoms with E-state index in [0.29, 0.717) is 17.8 Å². The smallest absolute Gasteiger partial charge is 0.413 e. The minimum absolute atomic E-state index is 0.00581. The highest BCUT2D eigenvalue weighted by Gasteiger charge is 2.20. The summed E-state index contributed by atoms with van der Waals surface area (Å²) in [6, 6.07) is 11.3. The summed E-state index contributed by atoms with van der Waals surface area (Å²) >= 11 is 0. The minimum atomic E-state index is -3.74. The van der Waals surface area contributed by atoms with Crippen molar-refractivity contribution in [3.63, 3.8) is 0 Å². The number of nitrogens with zero attached hydrogens (tertiary/aromatic N) is 2. The molecule has 0 aliphatic carbocycles. The summed E-state index contributed by atoms with van der Waals surface area (Å²) in [6.45, 7) is 2.13. The molecule has 0 spiro atoms. The molecule has 0 heterocycles. The average molecular weight is 452 g/mol. The van der Waals surface area contributed by atoms with Crippen LogP contribution in [0.1, 0.15) is 19.8 Å². The van der Waals surface area contributed by atoms with E-state index in [2.05, 4.69) is 5.32 Å². The van der Waals surface area contributed by atoms with E-state index in [9.17, 15) is 22.4 Å². The monoisotopic (exact) mass is 451 g/mol. The van der Waals surface area contributed by atoms with Gasteiger partial charge in [0.25, 0.3) is 0 Å².